The van der Waals surface area contributed by atoms with Gasteiger partial charge in [-0.2, -0.15) is 0 Å². The topological polar surface area (TPSA) is 147 Å². The smallest absolute Gasteiger partial charge is 0.253 e. The van der Waals surface area contributed by atoms with E-state index in [1.807, 2.05) is 0 Å². The van der Waals surface area contributed by atoms with Gasteiger partial charge in [0.2, 0.25) is 18.2 Å². The molecule has 3 fully saturated rings. The molecule has 1 aliphatic carbocycles. The van der Waals surface area contributed by atoms with Crippen LogP contribution in [0.4, 0.5) is 5.69 Å². The zero-order valence-electron chi connectivity index (χ0n) is 34.0. The monoisotopic (exact) mass is 799 g/mol. The van der Waals surface area contributed by atoms with Crippen molar-refractivity contribution in [2.45, 2.75) is 82.3 Å². The minimum Gasteiger partial charge on any atom is -0.496 e. The third-order valence-electron chi connectivity index (χ3n) is 15.4. The number of carbonyl (C=O) groups is 5. The van der Waals surface area contributed by atoms with E-state index in [-0.39, 0.29) is 36.2 Å². The number of hydrogen-bond donors (Lipinski definition) is 3. The summed E-state index contributed by atoms with van der Waals surface area (Å²) in [6.07, 6.45) is 12.0. The maximum absolute atomic E-state index is 14.6. The molecule has 5 amide bonds. The van der Waals surface area contributed by atoms with Gasteiger partial charge in [-0.1, -0.05) is 50.6 Å². The van der Waals surface area contributed by atoms with E-state index in [4.69, 9.17) is 4.74 Å². The Kier molecular flexibility index (Phi) is 9.13. The maximum atomic E-state index is 14.6. The number of aromatic nitrogens is 1. The number of H-pyrrole nitrogens is 1. The van der Waals surface area contributed by atoms with Gasteiger partial charge in [-0.15, -0.1) is 0 Å². The SMILES string of the molecule is CCC1CC2CN(Cc3c([nH]c4ccccc34)C2c2cc3c(cc2OC)N(C=O)C2C(C(=O)NNC(=O)CCN4C(=O)C=CC4=O)CC4(CC)C=CCN5CC[C@]32C54)C1. The van der Waals surface area contributed by atoms with Gasteiger partial charge in [0, 0.05) is 102 Å². The first-order valence-corrected chi connectivity index (χ1v) is 21.5. The fourth-order valence-electron chi connectivity index (χ4n) is 13.0. The zero-order chi connectivity index (χ0) is 40.8. The highest BCUT2D eigenvalue weighted by Crippen LogP contribution is 2.66. The molecule has 13 heteroatoms. The van der Waals surface area contributed by atoms with Gasteiger partial charge in [-0.25, -0.2) is 0 Å². The number of hydrogen-bond acceptors (Lipinski definition) is 8. The summed E-state index contributed by atoms with van der Waals surface area (Å²) < 4.78 is 6.36. The van der Waals surface area contributed by atoms with Crippen LogP contribution in [0.3, 0.4) is 0 Å². The number of nitrogens with zero attached hydrogens (tertiary/aromatic N) is 4. The summed E-state index contributed by atoms with van der Waals surface area (Å²) in [6.45, 7) is 9.01. The van der Waals surface area contributed by atoms with E-state index in [1.165, 1.54) is 28.8 Å². The Morgan fingerprint density at radius 2 is 1.88 bits per heavy atom. The van der Waals surface area contributed by atoms with Gasteiger partial charge in [0.1, 0.15) is 5.75 Å². The number of fused-ring (bicyclic) bond motifs is 6. The van der Waals surface area contributed by atoms with Crippen LogP contribution in [0, 0.1) is 23.2 Å². The van der Waals surface area contributed by atoms with Crippen LogP contribution >= 0.6 is 0 Å². The Balaban J connectivity index is 1.07. The van der Waals surface area contributed by atoms with E-state index in [0.29, 0.717) is 18.3 Å². The number of benzene rings is 2. The van der Waals surface area contributed by atoms with Crippen molar-refractivity contribution >= 4 is 46.6 Å². The molecule has 1 aromatic heterocycles. The van der Waals surface area contributed by atoms with Gasteiger partial charge in [0.05, 0.1) is 24.8 Å². The van der Waals surface area contributed by atoms with Crippen LogP contribution in [0.25, 0.3) is 10.9 Å². The Morgan fingerprint density at radius 1 is 1.07 bits per heavy atom. The third kappa shape index (κ3) is 5.60. The molecule has 8 unspecified atom stereocenters. The predicted molar refractivity (Wildman–Crippen MR) is 221 cm³/mol. The number of carbonyl (C=O) groups excluding carboxylic acids is 5. The van der Waals surface area contributed by atoms with E-state index in [1.54, 1.807) is 12.0 Å². The fourth-order valence-corrected chi connectivity index (χ4v) is 13.0. The molecule has 13 nitrogen and oxygen atoms in total. The van der Waals surface area contributed by atoms with Gasteiger partial charge >= 0.3 is 0 Å². The van der Waals surface area contributed by atoms with Gasteiger partial charge in [0.25, 0.3) is 11.8 Å². The van der Waals surface area contributed by atoms with Gasteiger partial charge in [-0.3, -0.25) is 49.5 Å². The average molecular weight is 800 g/mol. The van der Waals surface area contributed by atoms with Gasteiger partial charge in [-0.05, 0) is 67.3 Å². The molecule has 9 atom stereocenters. The molecular formula is C46H53N7O6. The summed E-state index contributed by atoms with van der Waals surface area (Å²) in [5.74, 6) is -0.796. The number of amides is 5. The molecule has 7 aliphatic rings. The molecule has 3 N–H and O–H groups in total. The first-order chi connectivity index (χ1) is 28.6. The average Bonchev–Trinajstić information content (AvgIpc) is 3.98. The highest BCUT2D eigenvalue weighted by molar-refractivity contribution is 6.13. The summed E-state index contributed by atoms with van der Waals surface area (Å²) in [6, 6.07) is 12.6. The summed E-state index contributed by atoms with van der Waals surface area (Å²) in [5, 5.41) is 1.26. The van der Waals surface area contributed by atoms with Crippen molar-refractivity contribution in [3.05, 3.63) is 83.1 Å². The number of para-hydroxylation sites is 1. The van der Waals surface area contributed by atoms with Crippen molar-refractivity contribution < 1.29 is 28.7 Å². The number of imide groups is 1. The van der Waals surface area contributed by atoms with E-state index in [0.717, 1.165) is 97.8 Å². The second-order valence-corrected chi connectivity index (χ2v) is 18.0. The lowest BCUT2D eigenvalue weighted by atomic mass is 9.50. The standard InChI is InChI=1S/C46H53N7O6/c1-4-27-19-28-24-50(23-27)25-32-29-9-6-7-10-34(29)47-41(32)40(28)30-20-33-35(21-36(30)59-3)53(26-54)42-31(22-45(5-2)14-8-16-51-18-15-46(33,42)44(45)51)43(58)49-48-37(55)13-17-52-38(56)11-12-39(52)57/h6-12,14,20-21,26-28,31,40,42,44,47H,4-5,13,15-19,22-25H2,1-3H3,(H,48,55)(H,49,58)/t27?,28?,31?,40?,42?,44?,45?,46-/m0/s1. The second kappa shape index (κ2) is 14.2. The first-order valence-electron chi connectivity index (χ1n) is 21.5. The van der Waals surface area contributed by atoms with Crippen molar-refractivity contribution in [3.8, 4) is 5.75 Å². The third-order valence-corrected chi connectivity index (χ3v) is 15.4. The zero-order valence-corrected chi connectivity index (χ0v) is 34.0. The van der Waals surface area contributed by atoms with Crippen LogP contribution in [0.5, 0.6) is 5.75 Å². The minimum atomic E-state index is -0.664. The Morgan fingerprint density at radius 3 is 2.64 bits per heavy atom. The van der Waals surface area contributed by atoms with Crippen LogP contribution in [-0.2, 0) is 35.9 Å². The van der Waals surface area contributed by atoms with Gasteiger partial charge < -0.3 is 14.6 Å². The van der Waals surface area contributed by atoms with Crippen LogP contribution in [0.1, 0.15) is 80.7 Å². The second-order valence-electron chi connectivity index (χ2n) is 18.0. The van der Waals surface area contributed by atoms with Crippen LogP contribution < -0.4 is 20.5 Å². The van der Waals surface area contributed by atoms with Crippen molar-refractivity contribution in [2.75, 3.05) is 44.7 Å². The van der Waals surface area contributed by atoms with Crippen LogP contribution in [0.15, 0.2) is 60.7 Å². The summed E-state index contributed by atoms with van der Waals surface area (Å²) >= 11 is 0. The molecule has 3 aromatic rings. The highest BCUT2D eigenvalue weighted by atomic mass is 16.5. The normalized spacial score (nSPS) is 32.7. The van der Waals surface area contributed by atoms with Crippen molar-refractivity contribution in [1.82, 2.24) is 30.5 Å². The Labute approximate surface area is 344 Å². The number of methoxy groups -OCH3 is 1. The van der Waals surface area contributed by atoms with Gasteiger partial charge in [0.15, 0.2) is 0 Å². The number of rotatable bonds is 9. The quantitative estimate of drug-likeness (QED) is 0.126. The maximum Gasteiger partial charge on any atom is 0.253 e. The first kappa shape index (κ1) is 38.0. The number of anilines is 1. The van der Waals surface area contributed by atoms with Crippen molar-refractivity contribution in [2.24, 2.45) is 23.2 Å². The predicted octanol–water partition coefficient (Wildman–Crippen LogP) is 4.28. The number of nitrogens with one attached hydrogen (secondary N) is 3. The van der Waals surface area contributed by atoms with Crippen LogP contribution in [-0.4, -0.2) is 102 Å². The lowest BCUT2D eigenvalue weighted by molar-refractivity contribution is -0.139. The molecule has 6 aliphatic heterocycles. The highest BCUT2D eigenvalue weighted by Gasteiger charge is 2.71. The summed E-state index contributed by atoms with van der Waals surface area (Å²) in [7, 11) is 1.72. The number of ether oxygens (including phenoxy) is 1. The molecule has 7 heterocycles. The summed E-state index contributed by atoms with van der Waals surface area (Å²) in [4.78, 5) is 77.3. The minimum absolute atomic E-state index is 0.0247. The Hall–Kier alpha value is -5.27. The lowest BCUT2D eigenvalue weighted by Crippen LogP contribution is -2.68. The van der Waals surface area contributed by atoms with E-state index in [9.17, 15) is 24.0 Å². The number of piperidine rings is 1. The fraction of sp³-hybridized carbons (Fsp3) is 0.500. The molecule has 2 saturated heterocycles. The summed E-state index contributed by atoms with van der Waals surface area (Å²) in [5.41, 5.74) is 11.1. The number of aromatic amines is 1. The Bertz CT molecular complexity index is 2320. The lowest BCUT2D eigenvalue weighted by Gasteiger charge is -2.58. The van der Waals surface area contributed by atoms with E-state index >= 15 is 0 Å². The van der Waals surface area contributed by atoms with E-state index in [2.05, 4.69) is 88.0 Å². The molecule has 59 heavy (non-hydrogen) atoms. The van der Waals surface area contributed by atoms with Crippen LogP contribution in [0.2, 0.25) is 0 Å². The molecule has 0 radical (unpaired) electrons. The number of hydrazine groups is 1. The molecule has 10 rings (SSSR count). The molecule has 2 aromatic carbocycles. The molecule has 1 saturated carbocycles. The van der Waals surface area contributed by atoms with Crippen molar-refractivity contribution in [3.63, 3.8) is 0 Å². The molecule has 308 valence electrons. The molecule has 1 spiro atoms. The molecule has 2 bridgehead atoms. The van der Waals surface area contributed by atoms with E-state index < -0.39 is 35.1 Å². The molecular weight excluding hydrogens is 747 g/mol. The van der Waals surface area contributed by atoms with Crippen molar-refractivity contribution in [1.29, 1.82) is 0 Å². The largest absolute Gasteiger partial charge is 0.496 e.